The summed E-state index contributed by atoms with van der Waals surface area (Å²) in [5, 5.41) is 6.06. The van der Waals surface area contributed by atoms with Crippen LogP contribution in [0.25, 0.3) is 0 Å². The highest BCUT2D eigenvalue weighted by atomic mass is 79.9. The number of halogens is 1. The second kappa shape index (κ2) is 6.02. The maximum absolute atomic E-state index is 5.62. The Balaban J connectivity index is 1.73. The van der Waals surface area contributed by atoms with Crippen LogP contribution < -0.4 is 10.1 Å². The number of thiazole rings is 1. The minimum Gasteiger partial charge on any atom is -0.492 e. The van der Waals surface area contributed by atoms with Crippen molar-refractivity contribution in [1.82, 2.24) is 4.98 Å². The number of benzene rings is 1. The lowest BCUT2D eigenvalue weighted by molar-refractivity contribution is 0.332. The molecule has 0 unspecified atom stereocenters. The van der Waals surface area contributed by atoms with Crippen LogP contribution in [0.2, 0.25) is 0 Å². The average Bonchev–Trinajstić information content (AvgIpc) is 2.71. The van der Waals surface area contributed by atoms with Crippen molar-refractivity contribution in [3.05, 3.63) is 39.8 Å². The molecule has 0 fully saturated rings. The summed E-state index contributed by atoms with van der Waals surface area (Å²) in [6, 6.07) is 8.04. The number of rotatable bonds is 5. The van der Waals surface area contributed by atoms with Crippen LogP contribution in [0.15, 0.2) is 34.2 Å². The summed E-state index contributed by atoms with van der Waals surface area (Å²) < 4.78 is 6.48. The average molecular weight is 313 g/mol. The van der Waals surface area contributed by atoms with Crippen molar-refractivity contribution >= 4 is 32.4 Å². The van der Waals surface area contributed by atoms with Crippen LogP contribution in [0.3, 0.4) is 0 Å². The molecule has 2 rings (SSSR count). The van der Waals surface area contributed by atoms with Crippen LogP contribution in [-0.4, -0.2) is 18.1 Å². The molecule has 0 radical (unpaired) electrons. The molecule has 90 valence electrons. The van der Waals surface area contributed by atoms with Gasteiger partial charge in [0.05, 0.1) is 6.54 Å². The Labute approximate surface area is 113 Å². The fraction of sp³-hybridized carbons (Fsp3) is 0.250. The van der Waals surface area contributed by atoms with E-state index in [4.69, 9.17) is 4.74 Å². The molecule has 0 aliphatic rings. The number of hydrogen-bond donors (Lipinski definition) is 1. The number of ether oxygens (including phenoxy) is 1. The molecular formula is C12H13BrN2OS. The summed E-state index contributed by atoms with van der Waals surface area (Å²) in [4.78, 5) is 4.24. The van der Waals surface area contributed by atoms with Crippen LogP contribution in [0.4, 0.5) is 5.13 Å². The zero-order valence-electron chi connectivity index (χ0n) is 9.44. The van der Waals surface area contributed by atoms with Gasteiger partial charge in [0, 0.05) is 5.38 Å². The number of hydrogen-bond acceptors (Lipinski definition) is 4. The van der Waals surface area contributed by atoms with Gasteiger partial charge in [0.2, 0.25) is 0 Å². The number of aryl methyl sites for hydroxylation is 1. The quantitative estimate of drug-likeness (QED) is 0.855. The van der Waals surface area contributed by atoms with E-state index in [1.807, 2.05) is 23.6 Å². The number of anilines is 1. The summed E-state index contributed by atoms with van der Waals surface area (Å²) in [5.41, 5.74) is 1.21. The molecule has 0 bridgehead atoms. The molecule has 17 heavy (non-hydrogen) atoms. The molecule has 0 atom stereocenters. The van der Waals surface area contributed by atoms with Gasteiger partial charge in [0.25, 0.3) is 0 Å². The number of nitrogens with one attached hydrogen (secondary N) is 1. The topological polar surface area (TPSA) is 34.1 Å². The Hall–Kier alpha value is -1.07. The third-order valence-corrected chi connectivity index (χ3v) is 3.62. The van der Waals surface area contributed by atoms with Crippen molar-refractivity contribution in [3.8, 4) is 5.75 Å². The van der Waals surface area contributed by atoms with Gasteiger partial charge in [-0.1, -0.05) is 12.1 Å². The van der Waals surface area contributed by atoms with Gasteiger partial charge < -0.3 is 10.1 Å². The Bertz CT molecular complexity index is 487. The minimum absolute atomic E-state index is 0.626. The maximum atomic E-state index is 5.62. The van der Waals surface area contributed by atoms with Gasteiger partial charge in [-0.05, 0) is 40.5 Å². The van der Waals surface area contributed by atoms with Gasteiger partial charge in [-0.2, -0.15) is 0 Å². The SMILES string of the molecule is Cc1cccc(OCCNc2nc(Br)cs2)c1. The minimum atomic E-state index is 0.626. The monoisotopic (exact) mass is 312 g/mol. The molecule has 1 aromatic heterocycles. The Morgan fingerprint density at radius 1 is 1.47 bits per heavy atom. The first kappa shape index (κ1) is 12.4. The highest BCUT2D eigenvalue weighted by molar-refractivity contribution is 9.10. The van der Waals surface area contributed by atoms with E-state index in [2.05, 4.69) is 39.2 Å². The van der Waals surface area contributed by atoms with E-state index < -0.39 is 0 Å². The fourth-order valence-corrected chi connectivity index (χ4v) is 2.54. The molecule has 5 heteroatoms. The summed E-state index contributed by atoms with van der Waals surface area (Å²) in [5.74, 6) is 0.909. The van der Waals surface area contributed by atoms with E-state index >= 15 is 0 Å². The van der Waals surface area contributed by atoms with Crippen LogP contribution in [-0.2, 0) is 0 Å². The third-order valence-electron chi connectivity index (χ3n) is 2.11. The van der Waals surface area contributed by atoms with Crippen molar-refractivity contribution in [1.29, 1.82) is 0 Å². The standard InChI is InChI=1S/C12H13BrN2OS/c1-9-3-2-4-10(7-9)16-6-5-14-12-15-11(13)8-17-12/h2-4,7-8H,5-6H2,1H3,(H,14,15). The van der Waals surface area contributed by atoms with Gasteiger partial charge in [-0.25, -0.2) is 4.98 Å². The zero-order chi connectivity index (χ0) is 12.1. The molecule has 1 N–H and O–H groups in total. The lowest BCUT2D eigenvalue weighted by Crippen LogP contribution is -2.11. The smallest absolute Gasteiger partial charge is 0.183 e. The van der Waals surface area contributed by atoms with Gasteiger partial charge in [0.1, 0.15) is 17.0 Å². The molecule has 0 saturated carbocycles. The molecule has 0 saturated heterocycles. The Morgan fingerprint density at radius 3 is 3.06 bits per heavy atom. The second-order valence-corrected chi connectivity index (χ2v) is 5.24. The lowest BCUT2D eigenvalue weighted by Gasteiger charge is -2.07. The van der Waals surface area contributed by atoms with Gasteiger partial charge in [0.15, 0.2) is 5.13 Å². The normalized spacial score (nSPS) is 10.2. The van der Waals surface area contributed by atoms with Crippen molar-refractivity contribution in [2.75, 3.05) is 18.5 Å². The molecule has 0 spiro atoms. The van der Waals surface area contributed by atoms with Crippen molar-refractivity contribution in [2.45, 2.75) is 6.92 Å². The molecular weight excluding hydrogens is 300 g/mol. The van der Waals surface area contributed by atoms with Crippen LogP contribution in [0, 0.1) is 6.92 Å². The lowest BCUT2D eigenvalue weighted by atomic mass is 10.2. The van der Waals surface area contributed by atoms with Gasteiger partial charge in [-0.15, -0.1) is 11.3 Å². The molecule has 1 aromatic carbocycles. The molecule has 0 amide bonds. The molecule has 0 aliphatic heterocycles. The van der Waals surface area contributed by atoms with E-state index in [1.54, 1.807) is 11.3 Å². The van der Waals surface area contributed by atoms with Crippen molar-refractivity contribution in [2.24, 2.45) is 0 Å². The highest BCUT2D eigenvalue weighted by Crippen LogP contribution is 2.19. The van der Waals surface area contributed by atoms with Gasteiger partial charge in [-0.3, -0.25) is 0 Å². The van der Waals surface area contributed by atoms with E-state index in [1.165, 1.54) is 5.56 Å². The van der Waals surface area contributed by atoms with Crippen LogP contribution in [0.1, 0.15) is 5.56 Å². The molecule has 0 aliphatic carbocycles. The molecule has 1 heterocycles. The van der Waals surface area contributed by atoms with E-state index in [0.29, 0.717) is 6.61 Å². The Kier molecular flexibility index (Phi) is 4.39. The van der Waals surface area contributed by atoms with Crippen LogP contribution in [0.5, 0.6) is 5.75 Å². The predicted molar refractivity (Wildman–Crippen MR) is 75.0 cm³/mol. The third kappa shape index (κ3) is 4.02. The summed E-state index contributed by atoms with van der Waals surface area (Å²) in [7, 11) is 0. The fourth-order valence-electron chi connectivity index (χ4n) is 1.37. The number of aromatic nitrogens is 1. The van der Waals surface area contributed by atoms with Crippen LogP contribution >= 0.6 is 27.3 Å². The molecule has 2 aromatic rings. The number of nitrogens with zero attached hydrogens (tertiary/aromatic N) is 1. The zero-order valence-corrected chi connectivity index (χ0v) is 11.8. The Morgan fingerprint density at radius 2 is 2.35 bits per heavy atom. The largest absolute Gasteiger partial charge is 0.492 e. The van der Waals surface area contributed by atoms with E-state index in [0.717, 1.165) is 22.0 Å². The second-order valence-electron chi connectivity index (χ2n) is 3.57. The van der Waals surface area contributed by atoms with Gasteiger partial charge >= 0.3 is 0 Å². The first-order valence-electron chi connectivity index (χ1n) is 5.28. The summed E-state index contributed by atoms with van der Waals surface area (Å²) >= 11 is 4.89. The highest BCUT2D eigenvalue weighted by Gasteiger charge is 1.98. The van der Waals surface area contributed by atoms with E-state index in [9.17, 15) is 0 Å². The van der Waals surface area contributed by atoms with Crippen molar-refractivity contribution in [3.63, 3.8) is 0 Å². The van der Waals surface area contributed by atoms with Crippen molar-refractivity contribution < 1.29 is 4.74 Å². The summed E-state index contributed by atoms with van der Waals surface area (Å²) in [6.45, 7) is 3.42. The maximum Gasteiger partial charge on any atom is 0.183 e. The summed E-state index contributed by atoms with van der Waals surface area (Å²) in [6.07, 6.45) is 0. The first-order chi connectivity index (χ1) is 8.24. The van der Waals surface area contributed by atoms with E-state index in [-0.39, 0.29) is 0 Å². The first-order valence-corrected chi connectivity index (χ1v) is 6.96. The molecule has 3 nitrogen and oxygen atoms in total. The predicted octanol–water partition coefficient (Wildman–Crippen LogP) is 3.70.